The van der Waals surface area contributed by atoms with Crippen LogP contribution >= 0.6 is 0 Å². The van der Waals surface area contributed by atoms with E-state index in [-0.39, 0.29) is 12.1 Å². The van der Waals surface area contributed by atoms with E-state index in [1.807, 2.05) is 12.1 Å². The Morgan fingerprint density at radius 2 is 1.00 bits per heavy atom. The maximum Gasteiger partial charge on any atom is 0.173 e. The maximum absolute atomic E-state index is 6.76. The van der Waals surface area contributed by atoms with Gasteiger partial charge >= 0.3 is 0 Å². The molecule has 0 heterocycles. The Morgan fingerprint density at radius 1 is 0.667 bits per heavy atom. The first kappa shape index (κ1) is 22.0. The smallest absolute Gasteiger partial charge is 0.173 e. The highest BCUT2D eigenvalue weighted by Gasteiger charge is 2.33. The van der Waals surface area contributed by atoms with Gasteiger partial charge in [-0.25, -0.2) is 0 Å². The maximum atomic E-state index is 6.76. The Hall–Kier alpha value is -1.25. The molecule has 2 unspecified atom stereocenters. The molecule has 0 aliphatic carbocycles. The largest absolute Gasteiger partial charge is 0.455 e. The third-order valence-corrected chi connectivity index (χ3v) is 12.5. The van der Waals surface area contributed by atoms with Crippen LogP contribution in [0.5, 0.6) is 0 Å². The summed E-state index contributed by atoms with van der Waals surface area (Å²) < 4.78 is 6.76. The van der Waals surface area contributed by atoms with Crippen LogP contribution < -0.4 is 11.5 Å². The topological polar surface area (TPSA) is 61.3 Å². The van der Waals surface area contributed by atoms with Crippen molar-refractivity contribution in [3.8, 4) is 0 Å². The van der Waals surface area contributed by atoms with E-state index < -0.39 is 16.6 Å². The van der Waals surface area contributed by atoms with Gasteiger partial charge in [0.15, 0.2) is 16.6 Å². The monoisotopic (exact) mass is 400 g/mol. The number of nitrogens with two attached hydrogens (primary N) is 2. The number of hydrogen-bond acceptors (Lipinski definition) is 3. The molecule has 0 spiro atoms. The van der Waals surface area contributed by atoms with Crippen molar-refractivity contribution in [1.29, 1.82) is 0 Å². The summed E-state index contributed by atoms with van der Waals surface area (Å²) in [6.45, 7) is 9.32. The zero-order chi connectivity index (χ0) is 19.9. The molecule has 0 fully saturated rings. The molecule has 5 heteroatoms. The molecule has 2 aromatic rings. The summed E-state index contributed by atoms with van der Waals surface area (Å²) in [6.07, 6.45) is 1.97. The lowest BCUT2D eigenvalue weighted by Crippen LogP contribution is -2.44. The molecule has 0 radical (unpaired) electrons. The van der Waals surface area contributed by atoms with Crippen LogP contribution in [0.25, 0.3) is 0 Å². The van der Waals surface area contributed by atoms with Gasteiger partial charge in [-0.1, -0.05) is 60.7 Å². The van der Waals surface area contributed by atoms with E-state index >= 15 is 0 Å². The second-order valence-electron chi connectivity index (χ2n) is 8.73. The minimum atomic E-state index is -1.74. The van der Waals surface area contributed by atoms with Crippen molar-refractivity contribution in [3.63, 3.8) is 0 Å². The fraction of sp³-hybridized carbons (Fsp3) is 0.455. The lowest BCUT2D eigenvalue weighted by molar-refractivity contribution is 0.517. The second-order valence-corrected chi connectivity index (χ2v) is 17.6. The molecule has 0 amide bonds. The van der Waals surface area contributed by atoms with Gasteiger partial charge in [-0.2, -0.15) is 0 Å². The van der Waals surface area contributed by atoms with E-state index in [2.05, 4.69) is 74.7 Å². The summed E-state index contributed by atoms with van der Waals surface area (Å²) in [5, 5.41) is 0. The van der Waals surface area contributed by atoms with Crippen LogP contribution in [-0.2, 0) is 4.12 Å². The third kappa shape index (κ3) is 7.72. The van der Waals surface area contributed by atoms with E-state index in [0.29, 0.717) is 0 Å². The van der Waals surface area contributed by atoms with Gasteiger partial charge in [0.05, 0.1) is 0 Å². The van der Waals surface area contributed by atoms with Crippen LogP contribution in [0.3, 0.4) is 0 Å². The minimum absolute atomic E-state index is 0.0952. The van der Waals surface area contributed by atoms with Crippen LogP contribution in [0.4, 0.5) is 0 Å². The van der Waals surface area contributed by atoms with E-state index in [1.54, 1.807) is 0 Å². The van der Waals surface area contributed by atoms with Crippen molar-refractivity contribution in [2.24, 2.45) is 11.5 Å². The average molecular weight is 401 g/mol. The van der Waals surface area contributed by atoms with Gasteiger partial charge in [0.25, 0.3) is 0 Å². The van der Waals surface area contributed by atoms with Crippen LogP contribution in [0.1, 0.15) is 36.1 Å². The molecule has 2 aromatic carbocycles. The SMILES string of the molecule is C[Si](C)(CCC(N)c1ccccc1)O[Si](C)(C)CCC(N)c1ccccc1. The highest BCUT2D eigenvalue weighted by Crippen LogP contribution is 2.28. The highest BCUT2D eigenvalue weighted by molar-refractivity contribution is 6.84. The number of hydrogen-bond donors (Lipinski definition) is 2. The molecule has 4 N–H and O–H groups in total. The van der Waals surface area contributed by atoms with Gasteiger partial charge in [0.2, 0.25) is 0 Å². The minimum Gasteiger partial charge on any atom is -0.455 e. The van der Waals surface area contributed by atoms with Gasteiger partial charge in [0, 0.05) is 12.1 Å². The quantitative estimate of drug-likeness (QED) is 0.511. The van der Waals surface area contributed by atoms with E-state index in [1.165, 1.54) is 11.1 Å². The van der Waals surface area contributed by atoms with Crippen LogP contribution in [-0.4, -0.2) is 16.6 Å². The van der Waals surface area contributed by atoms with E-state index in [0.717, 1.165) is 24.9 Å². The molecule has 3 nitrogen and oxygen atoms in total. The molecule has 0 aromatic heterocycles. The van der Waals surface area contributed by atoms with Gasteiger partial charge in [-0.05, 0) is 62.2 Å². The molecular weight excluding hydrogens is 364 g/mol. The van der Waals surface area contributed by atoms with E-state index in [4.69, 9.17) is 15.6 Å². The predicted molar refractivity (Wildman–Crippen MR) is 122 cm³/mol. The van der Waals surface area contributed by atoms with Crippen LogP contribution in [0.15, 0.2) is 60.7 Å². The van der Waals surface area contributed by atoms with Crippen molar-refractivity contribution in [1.82, 2.24) is 0 Å². The lowest BCUT2D eigenvalue weighted by atomic mass is 10.1. The van der Waals surface area contributed by atoms with Gasteiger partial charge < -0.3 is 15.6 Å². The molecular formula is C22H36N2OSi2. The molecule has 148 valence electrons. The summed E-state index contributed by atoms with van der Waals surface area (Å²) >= 11 is 0. The van der Waals surface area contributed by atoms with Crippen molar-refractivity contribution >= 4 is 16.6 Å². The summed E-state index contributed by atoms with van der Waals surface area (Å²) in [4.78, 5) is 0. The molecule has 0 aliphatic rings. The molecule has 27 heavy (non-hydrogen) atoms. The lowest BCUT2D eigenvalue weighted by Gasteiger charge is -2.35. The molecule has 2 atom stereocenters. The Morgan fingerprint density at radius 3 is 1.33 bits per heavy atom. The van der Waals surface area contributed by atoms with Crippen molar-refractivity contribution in [2.75, 3.05) is 0 Å². The van der Waals surface area contributed by atoms with Crippen LogP contribution in [0.2, 0.25) is 38.3 Å². The summed E-state index contributed by atoms with van der Waals surface area (Å²) in [7, 11) is -3.49. The van der Waals surface area contributed by atoms with E-state index in [9.17, 15) is 0 Å². The fourth-order valence-electron chi connectivity index (χ4n) is 3.59. The average Bonchev–Trinajstić information content (AvgIpc) is 2.65. The molecule has 0 saturated carbocycles. The molecule has 0 aliphatic heterocycles. The third-order valence-electron chi connectivity index (χ3n) is 5.12. The highest BCUT2D eigenvalue weighted by atomic mass is 28.4. The molecule has 0 saturated heterocycles. The zero-order valence-electron chi connectivity index (χ0n) is 17.3. The summed E-state index contributed by atoms with van der Waals surface area (Å²) in [5.74, 6) is 0. The molecule has 2 rings (SSSR count). The van der Waals surface area contributed by atoms with Crippen molar-refractivity contribution < 1.29 is 4.12 Å². The summed E-state index contributed by atoms with van der Waals surface area (Å²) in [6, 6.07) is 23.1. The fourth-order valence-corrected chi connectivity index (χ4v) is 12.4. The standard InChI is InChI=1S/C22H36N2OSi2/c1-26(2,17-15-21(23)19-11-7-5-8-12-19)25-27(3,4)18-16-22(24)20-13-9-6-10-14-20/h5-14,21-22H,15-18,23-24H2,1-4H3. The van der Waals surface area contributed by atoms with Gasteiger partial charge in [-0.15, -0.1) is 0 Å². The van der Waals surface area contributed by atoms with Gasteiger partial charge in [0.1, 0.15) is 0 Å². The Kier molecular flexibility index (Phi) is 8.00. The first-order valence-electron chi connectivity index (χ1n) is 10.00. The molecule has 0 bridgehead atoms. The second kappa shape index (κ2) is 9.80. The zero-order valence-corrected chi connectivity index (χ0v) is 19.3. The first-order valence-corrected chi connectivity index (χ1v) is 16.2. The Balaban J connectivity index is 1.83. The summed E-state index contributed by atoms with van der Waals surface area (Å²) in [5.41, 5.74) is 15.2. The van der Waals surface area contributed by atoms with Crippen molar-refractivity contribution in [2.45, 2.75) is 63.2 Å². The predicted octanol–water partition coefficient (Wildman–Crippen LogP) is 5.59. The number of rotatable bonds is 10. The van der Waals surface area contributed by atoms with Crippen molar-refractivity contribution in [3.05, 3.63) is 71.8 Å². The Labute approximate surface area is 167 Å². The van der Waals surface area contributed by atoms with Crippen LogP contribution in [0, 0.1) is 0 Å². The number of benzene rings is 2. The normalized spacial score (nSPS) is 14.7. The first-order chi connectivity index (χ1) is 12.7. The van der Waals surface area contributed by atoms with Gasteiger partial charge in [-0.3, -0.25) is 0 Å². The Bertz CT molecular complexity index is 618.